The number of fused-ring (bicyclic) bond motifs is 1. The topological polar surface area (TPSA) is 87.9 Å². The normalized spacial score (nSPS) is 19.0. The SMILES string of the molecule is CCN1CCN(CC(=O)Nc2sc3c(c2C(N)=O)CCOC3)CC1. The number of carbonyl (C=O) groups excluding carboxylic acids is 2. The Hall–Kier alpha value is -1.48. The number of nitrogens with zero attached hydrogens (tertiary/aromatic N) is 2. The summed E-state index contributed by atoms with van der Waals surface area (Å²) in [4.78, 5) is 29.7. The Morgan fingerprint density at radius 1 is 1.25 bits per heavy atom. The van der Waals surface area contributed by atoms with Crippen molar-refractivity contribution >= 4 is 28.2 Å². The molecule has 0 aliphatic carbocycles. The first-order chi connectivity index (χ1) is 11.6. The molecule has 0 atom stereocenters. The van der Waals surface area contributed by atoms with Gasteiger partial charge in [-0.25, -0.2) is 0 Å². The molecule has 1 aromatic rings. The van der Waals surface area contributed by atoms with Gasteiger partial charge in [-0.2, -0.15) is 0 Å². The number of ether oxygens (including phenoxy) is 1. The van der Waals surface area contributed by atoms with E-state index < -0.39 is 5.91 Å². The molecule has 2 aliphatic heterocycles. The zero-order valence-corrected chi connectivity index (χ0v) is 14.8. The predicted octanol–water partition coefficient (Wildman–Crippen LogP) is 0.496. The van der Waals surface area contributed by atoms with E-state index in [0.29, 0.717) is 36.7 Å². The molecule has 0 radical (unpaired) electrons. The summed E-state index contributed by atoms with van der Waals surface area (Å²) in [7, 11) is 0. The molecule has 24 heavy (non-hydrogen) atoms. The van der Waals surface area contributed by atoms with Crippen molar-refractivity contribution in [3.8, 4) is 0 Å². The third-order valence-electron chi connectivity index (χ3n) is 4.60. The molecule has 1 fully saturated rings. The van der Waals surface area contributed by atoms with Gasteiger partial charge in [-0.05, 0) is 18.5 Å². The molecule has 2 amide bonds. The van der Waals surface area contributed by atoms with Crippen LogP contribution < -0.4 is 11.1 Å². The second-order valence-electron chi connectivity index (χ2n) is 6.13. The van der Waals surface area contributed by atoms with Crippen LogP contribution in [-0.4, -0.2) is 67.5 Å². The maximum absolute atomic E-state index is 12.4. The molecule has 1 aromatic heterocycles. The van der Waals surface area contributed by atoms with Crippen molar-refractivity contribution in [1.29, 1.82) is 0 Å². The summed E-state index contributed by atoms with van der Waals surface area (Å²) in [6.45, 7) is 8.35. The van der Waals surface area contributed by atoms with Crippen molar-refractivity contribution in [2.24, 2.45) is 5.73 Å². The molecule has 7 nitrogen and oxygen atoms in total. The lowest BCUT2D eigenvalue weighted by Gasteiger charge is -2.33. The summed E-state index contributed by atoms with van der Waals surface area (Å²) in [6, 6.07) is 0. The maximum Gasteiger partial charge on any atom is 0.251 e. The van der Waals surface area contributed by atoms with Gasteiger partial charge in [0, 0.05) is 31.1 Å². The number of hydrogen-bond donors (Lipinski definition) is 2. The number of hydrogen-bond acceptors (Lipinski definition) is 6. The number of primary amides is 1. The third-order valence-corrected chi connectivity index (χ3v) is 5.72. The minimum Gasteiger partial charge on any atom is -0.376 e. The number of anilines is 1. The second kappa shape index (κ2) is 7.60. The van der Waals surface area contributed by atoms with E-state index in [4.69, 9.17) is 10.5 Å². The minimum absolute atomic E-state index is 0.0954. The van der Waals surface area contributed by atoms with Gasteiger partial charge in [-0.1, -0.05) is 6.92 Å². The number of nitrogens with one attached hydrogen (secondary N) is 1. The zero-order valence-electron chi connectivity index (χ0n) is 14.0. The summed E-state index contributed by atoms with van der Waals surface area (Å²) in [5, 5.41) is 3.45. The van der Waals surface area contributed by atoms with E-state index in [1.165, 1.54) is 11.3 Å². The molecular weight excluding hydrogens is 328 g/mol. The Kier molecular flexibility index (Phi) is 5.50. The van der Waals surface area contributed by atoms with Crippen LogP contribution in [0.25, 0.3) is 0 Å². The average Bonchev–Trinajstić information content (AvgIpc) is 2.93. The van der Waals surface area contributed by atoms with Gasteiger partial charge in [0.1, 0.15) is 5.00 Å². The van der Waals surface area contributed by atoms with E-state index in [1.54, 1.807) is 0 Å². The molecule has 0 aromatic carbocycles. The minimum atomic E-state index is -0.485. The fraction of sp³-hybridized carbons (Fsp3) is 0.625. The van der Waals surface area contributed by atoms with E-state index in [9.17, 15) is 9.59 Å². The standard InChI is InChI=1S/C16H24N4O3S/c1-2-19-4-6-20(7-5-19)9-13(21)18-16-14(15(17)22)11-3-8-23-10-12(11)24-16/h2-10H2,1H3,(H2,17,22)(H,18,21). The van der Waals surface area contributed by atoms with Crippen LogP contribution >= 0.6 is 11.3 Å². The number of thiophene rings is 1. The fourth-order valence-corrected chi connectivity index (χ4v) is 4.42. The van der Waals surface area contributed by atoms with Crippen LogP contribution in [0.3, 0.4) is 0 Å². The van der Waals surface area contributed by atoms with E-state index >= 15 is 0 Å². The number of rotatable bonds is 5. The first kappa shape index (κ1) is 17.3. The van der Waals surface area contributed by atoms with Crippen LogP contribution in [-0.2, 0) is 22.6 Å². The number of amides is 2. The lowest BCUT2D eigenvalue weighted by atomic mass is 10.1. The molecule has 3 N–H and O–H groups in total. The highest BCUT2D eigenvalue weighted by Gasteiger charge is 2.26. The molecule has 2 aliphatic rings. The van der Waals surface area contributed by atoms with Crippen molar-refractivity contribution < 1.29 is 14.3 Å². The molecular formula is C16H24N4O3S. The van der Waals surface area contributed by atoms with E-state index in [1.807, 2.05) is 0 Å². The van der Waals surface area contributed by atoms with Gasteiger partial charge >= 0.3 is 0 Å². The van der Waals surface area contributed by atoms with Crippen molar-refractivity contribution in [3.05, 3.63) is 16.0 Å². The monoisotopic (exact) mass is 352 g/mol. The fourth-order valence-electron chi connectivity index (χ4n) is 3.21. The lowest BCUT2D eigenvalue weighted by Crippen LogP contribution is -2.48. The molecule has 3 heterocycles. The lowest BCUT2D eigenvalue weighted by molar-refractivity contribution is -0.117. The van der Waals surface area contributed by atoms with Gasteiger partial charge in [0.25, 0.3) is 5.91 Å². The quantitative estimate of drug-likeness (QED) is 0.805. The second-order valence-corrected chi connectivity index (χ2v) is 7.24. The van der Waals surface area contributed by atoms with Crippen LogP contribution in [0.5, 0.6) is 0 Å². The predicted molar refractivity (Wildman–Crippen MR) is 93.4 cm³/mol. The molecule has 3 rings (SSSR count). The smallest absolute Gasteiger partial charge is 0.251 e. The molecule has 1 saturated heterocycles. The molecule has 0 spiro atoms. The highest BCUT2D eigenvalue weighted by Crippen LogP contribution is 2.36. The van der Waals surface area contributed by atoms with Crippen molar-refractivity contribution in [1.82, 2.24) is 9.80 Å². The number of piperazine rings is 1. The Balaban J connectivity index is 1.64. The largest absolute Gasteiger partial charge is 0.376 e. The molecule has 0 unspecified atom stereocenters. The van der Waals surface area contributed by atoms with Crippen LogP contribution in [0.4, 0.5) is 5.00 Å². The van der Waals surface area contributed by atoms with Crippen LogP contribution in [0.1, 0.15) is 27.7 Å². The first-order valence-corrected chi connectivity index (χ1v) is 9.16. The summed E-state index contributed by atoms with van der Waals surface area (Å²) in [6.07, 6.45) is 0.666. The summed E-state index contributed by atoms with van der Waals surface area (Å²) >= 11 is 1.40. The molecule has 132 valence electrons. The van der Waals surface area contributed by atoms with Crippen molar-refractivity contribution in [2.75, 3.05) is 51.2 Å². The highest BCUT2D eigenvalue weighted by molar-refractivity contribution is 7.17. The van der Waals surface area contributed by atoms with Gasteiger partial charge in [0.2, 0.25) is 5.91 Å². The summed E-state index contributed by atoms with van der Waals surface area (Å²) < 4.78 is 5.42. The van der Waals surface area contributed by atoms with E-state index in [2.05, 4.69) is 22.0 Å². The maximum atomic E-state index is 12.4. The van der Waals surface area contributed by atoms with E-state index in [-0.39, 0.29) is 5.91 Å². The van der Waals surface area contributed by atoms with Gasteiger partial charge in [0.05, 0.1) is 25.3 Å². The molecule has 0 saturated carbocycles. The van der Waals surface area contributed by atoms with Crippen molar-refractivity contribution in [2.45, 2.75) is 20.0 Å². The van der Waals surface area contributed by atoms with Crippen LogP contribution in [0, 0.1) is 0 Å². The number of nitrogens with two attached hydrogens (primary N) is 1. The van der Waals surface area contributed by atoms with Gasteiger partial charge in [-0.15, -0.1) is 11.3 Å². The first-order valence-electron chi connectivity index (χ1n) is 8.35. The van der Waals surface area contributed by atoms with Crippen LogP contribution in [0.15, 0.2) is 0 Å². The van der Waals surface area contributed by atoms with Crippen LogP contribution in [0.2, 0.25) is 0 Å². The van der Waals surface area contributed by atoms with Gasteiger partial charge < -0.3 is 20.7 Å². The number of carbonyl (C=O) groups is 2. The van der Waals surface area contributed by atoms with Gasteiger partial charge in [-0.3, -0.25) is 14.5 Å². The number of likely N-dealkylation sites (N-methyl/N-ethyl adjacent to an activating group) is 1. The Morgan fingerprint density at radius 3 is 2.62 bits per heavy atom. The molecule has 0 bridgehead atoms. The Bertz CT molecular complexity index is 623. The molecule has 8 heteroatoms. The highest BCUT2D eigenvalue weighted by atomic mass is 32.1. The summed E-state index contributed by atoms with van der Waals surface area (Å²) in [5.41, 5.74) is 6.93. The third kappa shape index (κ3) is 3.77. The Labute approximate surface area is 145 Å². The van der Waals surface area contributed by atoms with E-state index in [0.717, 1.165) is 43.2 Å². The Morgan fingerprint density at radius 2 is 1.96 bits per heavy atom. The van der Waals surface area contributed by atoms with Gasteiger partial charge in [0.15, 0.2) is 0 Å². The zero-order chi connectivity index (χ0) is 17.1. The van der Waals surface area contributed by atoms with Crippen molar-refractivity contribution in [3.63, 3.8) is 0 Å². The average molecular weight is 352 g/mol. The summed E-state index contributed by atoms with van der Waals surface area (Å²) in [5.74, 6) is -0.580.